The van der Waals surface area contributed by atoms with Crippen LogP contribution in [0.15, 0.2) is 48.5 Å². The minimum absolute atomic E-state index is 0.0251. The smallest absolute Gasteiger partial charge is 0.239 e. The Morgan fingerprint density at radius 2 is 1.92 bits per heavy atom. The molecule has 1 fully saturated rings. The lowest BCUT2D eigenvalue weighted by atomic mass is 9.99. The Kier molecular flexibility index (Phi) is 4.48. The van der Waals surface area contributed by atoms with E-state index in [9.17, 15) is 9.59 Å². The molecule has 1 atom stereocenters. The van der Waals surface area contributed by atoms with E-state index in [4.69, 9.17) is 9.47 Å². The molecule has 6 heteroatoms. The number of likely N-dealkylation sites (tertiary alicyclic amines) is 1. The maximum atomic E-state index is 12.2. The Morgan fingerprint density at radius 3 is 2.77 bits per heavy atom. The summed E-state index contributed by atoms with van der Waals surface area (Å²) in [4.78, 5) is 26.1. The predicted molar refractivity (Wildman–Crippen MR) is 94.8 cm³/mol. The minimum atomic E-state index is -0.162. The standard InChI is InChI=1S/C20H20N2O4/c23-19(21-10-14-6-7-17-18(8-14)26-13-25-17)12-22-11-16(9-20(22)24)15-4-2-1-3-5-15/h1-8,16H,9-13H2,(H,21,23). The Morgan fingerprint density at radius 1 is 1.12 bits per heavy atom. The molecule has 2 aliphatic rings. The van der Waals surface area contributed by atoms with Crippen molar-refractivity contribution in [1.29, 1.82) is 0 Å². The van der Waals surface area contributed by atoms with E-state index >= 15 is 0 Å². The number of benzene rings is 2. The topological polar surface area (TPSA) is 67.9 Å². The van der Waals surface area contributed by atoms with Gasteiger partial charge in [-0.15, -0.1) is 0 Å². The number of carbonyl (C=O) groups excluding carboxylic acids is 2. The van der Waals surface area contributed by atoms with Crippen LogP contribution in [-0.4, -0.2) is 36.6 Å². The van der Waals surface area contributed by atoms with Crippen molar-refractivity contribution in [3.8, 4) is 11.5 Å². The van der Waals surface area contributed by atoms with Crippen LogP contribution < -0.4 is 14.8 Å². The van der Waals surface area contributed by atoms with E-state index in [1.165, 1.54) is 0 Å². The monoisotopic (exact) mass is 352 g/mol. The maximum Gasteiger partial charge on any atom is 0.239 e. The molecule has 4 rings (SSSR count). The van der Waals surface area contributed by atoms with Crippen LogP contribution in [0.25, 0.3) is 0 Å². The van der Waals surface area contributed by atoms with Crippen LogP contribution in [0.2, 0.25) is 0 Å². The van der Waals surface area contributed by atoms with Gasteiger partial charge in [0.05, 0.1) is 6.54 Å². The molecule has 134 valence electrons. The summed E-state index contributed by atoms with van der Waals surface area (Å²) >= 11 is 0. The molecule has 26 heavy (non-hydrogen) atoms. The summed E-state index contributed by atoms with van der Waals surface area (Å²) in [6.07, 6.45) is 0.458. The van der Waals surface area contributed by atoms with Gasteiger partial charge in [0.15, 0.2) is 11.5 Å². The Hall–Kier alpha value is -3.02. The van der Waals surface area contributed by atoms with Crippen LogP contribution in [0.4, 0.5) is 0 Å². The summed E-state index contributed by atoms with van der Waals surface area (Å²) < 4.78 is 10.6. The van der Waals surface area contributed by atoms with Gasteiger partial charge in [-0.25, -0.2) is 0 Å². The number of nitrogens with one attached hydrogen (secondary N) is 1. The fourth-order valence-electron chi connectivity index (χ4n) is 3.35. The number of hydrogen-bond donors (Lipinski definition) is 1. The number of hydrogen-bond acceptors (Lipinski definition) is 4. The van der Waals surface area contributed by atoms with Gasteiger partial charge in [0, 0.05) is 25.4 Å². The third-order valence-corrected chi connectivity index (χ3v) is 4.75. The van der Waals surface area contributed by atoms with Gasteiger partial charge in [-0.3, -0.25) is 9.59 Å². The fourth-order valence-corrected chi connectivity index (χ4v) is 3.35. The van der Waals surface area contributed by atoms with Crippen LogP contribution in [0, 0.1) is 0 Å². The predicted octanol–water partition coefficient (Wildman–Crippen LogP) is 2.05. The van der Waals surface area contributed by atoms with Gasteiger partial charge < -0.3 is 19.7 Å². The van der Waals surface area contributed by atoms with Gasteiger partial charge in [-0.2, -0.15) is 0 Å². The molecule has 1 unspecified atom stereocenters. The highest BCUT2D eigenvalue weighted by Crippen LogP contribution is 2.32. The van der Waals surface area contributed by atoms with E-state index in [2.05, 4.69) is 5.32 Å². The van der Waals surface area contributed by atoms with Gasteiger partial charge in [0.2, 0.25) is 18.6 Å². The second kappa shape index (κ2) is 7.07. The number of carbonyl (C=O) groups is 2. The number of ether oxygens (including phenoxy) is 2. The van der Waals surface area contributed by atoms with Crippen molar-refractivity contribution < 1.29 is 19.1 Å². The van der Waals surface area contributed by atoms with Gasteiger partial charge in [0.25, 0.3) is 0 Å². The first kappa shape index (κ1) is 16.4. The highest BCUT2D eigenvalue weighted by Gasteiger charge is 2.31. The summed E-state index contributed by atoms with van der Waals surface area (Å²) in [6, 6.07) is 15.5. The molecule has 2 aliphatic heterocycles. The average molecular weight is 352 g/mol. The largest absolute Gasteiger partial charge is 0.454 e. The number of nitrogens with zero attached hydrogens (tertiary/aromatic N) is 1. The summed E-state index contributed by atoms with van der Waals surface area (Å²) in [6.45, 7) is 1.29. The summed E-state index contributed by atoms with van der Waals surface area (Å²) in [5.74, 6) is 1.43. The Labute approximate surface area is 151 Å². The third kappa shape index (κ3) is 3.49. The molecule has 0 aliphatic carbocycles. The van der Waals surface area contributed by atoms with Crippen molar-refractivity contribution >= 4 is 11.8 Å². The van der Waals surface area contributed by atoms with Crippen molar-refractivity contribution in [2.45, 2.75) is 18.9 Å². The summed E-state index contributed by atoms with van der Waals surface area (Å²) in [7, 11) is 0. The number of amides is 2. The first-order valence-electron chi connectivity index (χ1n) is 8.67. The zero-order valence-electron chi connectivity index (χ0n) is 14.3. The van der Waals surface area contributed by atoms with Crippen LogP contribution in [-0.2, 0) is 16.1 Å². The molecule has 1 N–H and O–H groups in total. The zero-order chi connectivity index (χ0) is 17.9. The average Bonchev–Trinajstić information content (AvgIpc) is 3.27. The van der Waals surface area contributed by atoms with Crippen LogP contribution in [0.1, 0.15) is 23.5 Å². The van der Waals surface area contributed by atoms with Crippen molar-refractivity contribution in [1.82, 2.24) is 10.2 Å². The lowest BCUT2D eigenvalue weighted by Gasteiger charge is -2.16. The molecule has 0 saturated carbocycles. The van der Waals surface area contributed by atoms with E-state index in [-0.39, 0.29) is 31.1 Å². The second-order valence-electron chi connectivity index (χ2n) is 6.55. The highest BCUT2D eigenvalue weighted by atomic mass is 16.7. The van der Waals surface area contributed by atoms with Gasteiger partial charge in [0.1, 0.15) is 0 Å². The molecule has 0 spiro atoms. The highest BCUT2D eigenvalue weighted by molar-refractivity contribution is 5.86. The van der Waals surface area contributed by atoms with Crippen molar-refractivity contribution in [3.05, 3.63) is 59.7 Å². The van der Waals surface area contributed by atoms with E-state index in [1.807, 2.05) is 48.5 Å². The molecular weight excluding hydrogens is 332 g/mol. The molecule has 2 aromatic rings. The lowest BCUT2D eigenvalue weighted by Crippen LogP contribution is -2.37. The van der Waals surface area contributed by atoms with E-state index < -0.39 is 0 Å². The Balaban J connectivity index is 1.30. The second-order valence-corrected chi connectivity index (χ2v) is 6.55. The SMILES string of the molecule is O=C(CN1CC(c2ccccc2)CC1=O)NCc1ccc2c(c1)OCO2. The first-order chi connectivity index (χ1) is 12.7. The molecule has 2 aromatic carbocycles. The molecule has 2 heterocycles. The van der Waals surface area contributed by atoms with E-state index in [1.54, 1.807) is 4.90 Å². The Bertz CT molecular complexity index is 822. The van der Waals surface area contributed by atoms with Crippen LogP contribution >= 0.6 is 0 Å². The van der Waals surface area contributed by atoms with E-state index in [0.29, 0.717) is 25.3 Å². The van der Waals surface area contributed by atoms with Crippen molar-refractivity contribution in [2.75, 3.05) is 19.9 Å². The maximum absolute atomic E-state index is 12.2. The van der Waals surface area contributed by atoms with E-state index in [0.717, 1.165) is 16.9 Å². The number of rotatable bonds is 5. The van der Waals surface area contributed by atoms with Gasteiger partial charge in [-0.05, 0) is 23.3 Å². The van der Waals surface area contributed by atoms with Crippen LogP contribution in [0.3, 0.4) is 0 Å². The molecule has 0 radical (unpaired) electrons. The molecular formula is C20H20N2O4. The minimum Gasteiger partial charge on any atom is -0.454 e. The van der Waals surface area contributed by atoms with Crippen LogP contribution in [0.5, 0.6) is 11.5 Å². The normalized spacial score (nSPS) is 18.2. The van der Waals surface area contributed by atoms with Crippen molar-refractivity contribution in [2.24, 2.45) is 0 Å². The quantitative estimate of drug-likeness (QED) is 0.894. The first-order valence-corrected chi connectivity index (χ1v) is 8.67. The van der Waals surface area contributed by atoms with Crippen molar-refractivity contribution in [3.63, 3.8) is 0 Å². The molecule has 0 aromatic heterocycles. The molecule has 6 nitrogen and oxygen atoms in total. The third-order valence-electron chi connectivity index (χ3n) is 4.75. The molecule has 1 saturated heterocycles. The molecule has 0 bridgehead atoms. The molecule has 2 amide bonds. The van der Waals surface area contributed by atoms with Gasteiger partial charge in [-0.1, -0.05) is 36.4 Å². The fraction of sp³-hybridized carbons (Fsp3) is 0.300. The lowest BCUT2D eigenvalue weighted by molar-refractivity contribution is -0.133. The summed E-state index contributed by atoms with van der Waals surface area (Å²) in [5, 5.41) is 2.86. The number of fused-ring (bicyclic) bond motifs is 1. The van der Waals surface area contributed by atoms with Gasteiger partial charge >= 0.3 is 0 Å². The zero-order valence-corrected chi connectivity index (χ0v) is 14.3. The summed E-state index contributed by atoms with van der Waals surface area (Å²) in [5.41, 5.74) is 2.07.